The zero-order chi connectivity index (χ0) is 16.2. The van der Waals surface area contributed by atoms with Gasteiger partial charge in [0.2, 0.25) is 0 Å². The van der Waals surface area contributed by atoms with Crippen LogP contribution in [0.1, 0.15) is 5.82 Å². The summed E-state index contributed by atoms with van der Waals surface area (Å²) in [6.45, 7) is -2.68. The summed E-state index contributed by atoms with van der Waals surface area (Å²) in [6, 6.07) is -1.03. The van der Waals surface area contributed by atoms with Crippen LogP contribution in [-0.4, -0.2) is 62.8 Å². The van der Waals surface area contributed by atoms with Gasteiger partial charge in [-0.2, -0.15) is 13.2 Å². The van der Waals surface area contributed by atoms with E-state index in [1.807, 2.05) is 0 Å². The predicted octanol–water partition coefficient (Wildman–Crippen LogP) is 0.921. The molecule has 0 saturated carbocycles. The smallest absolute Gasteiger partial charge is 0.406 e. The Labute approximate surface area is 118 Å². The molecule has 21 heavy (non-hydrogen) atoms. The molecule has 0 bridgehead atoms. The lowest BCUT2D eigenvalue weighted by atomic mass is 10.4. The molecule has 118 valence electrons. The zero-order valence-electron chi connectivity index (χ0n) is 11.5. The fourth-order valence-corrected chi connectivity index (χ4v) is 1.64. The number of carbonyl (C=O) groups excluding carboxylic acids is 1. The van der Waals surface area contributed by atoms with Crippen molar-refractivity contribution in [2.45, 2.75) is 12.7 Å². The van der Waals surface area contributed by atoms with Crippen LogP contribution in [0.15, 0.2) is 12.4 Å². The molecule has 0 atom stereocenters. The molecule has 1 aromatic heterocycles. The number of aromatic nitrogens is 2. The van der Waals surface area contributed by atoms with Crippen molar-refractivity contribution in [3.8, 4) is 0 Å². The molecule has 1 heterocycles. The monoisotopic (exact) mass is 308 g/mol. The number of halogens is 3. The number of hydrogen-bond acceptors (Lipinski definition) is 3. The van der Waals surface area contributed by atoms with Crippen LogP contribution in [0.2, 0.25) is 0 Å². The third-order valence-corrected chi connectivity index (χ3v) is 2.59. The van der Waals surface area contributed by atoms with E-state index in [1.54, 1.807) is 17.8 Å². The fourth-order valence-electron chi connectivity index (χ4n) is 1.64. The van der Waals surface area contributed by atoms with E-state index in [1.165, 1.54) is 13.2 Å². The highest BCUT2D eigenvalue weighted by molar-refractivity contribution is 5.80. The number of hydrogen-bond donors (Lipinski definition) is 1. The molecule has 1 N–H and O–H groups in total. The van der Waals surface area contributed by atoms with Crippen molar-refractivity contribution in [2.24, 2.45) is 7.05 Å². The van der Waals surface area contributed by atoms with Gasteiger partial charge in [-0.05, 0) is 0 Å². The standard InChI is InChI=1S/C11H15F3N4O3/c1-16-4-3-15-8(16)5-17(2)10(21)18(6-9(19)20)7-11(12,13)14/h3-4H,5-7H2,1-2H3,(H,19,20). The van der Waals surface area contributed by atoms with Crippen LogP contribution in [-0.2, 0) is 18.4 Å². The Balaban J connectivity index is 2.78. The zero-order valence-corrected chi connectivity index (χ0v) is 11.5. The van der Waals surface area contributed by atoms with Gasteiger partial charge in [0, 0.05) is 26.5 Å². The average Bonchev–Trinajstić information content (AvgIpc) is 2.70. The van der Waals surface area contributed by atoms with Crippen LogP contribution < -0.4 is 0 Å². The van der Waals surface area contributed by atoms with Gasteiger partial charge in [-0.15, -0.1) is 0 Å². The van der Waals surface area contributed by atoms with Crippen LogP contribution >= 0.6 is 0 Å². The maximum absolute atomic E-state index is 12.4. The van der Waals surface area contributed by atoms with E-state index in [9.17, 15) is 22.8 Å². The van der Waals surface area contributed by atoms with Crippen molar-refractivity contribution in [2.75, 3.05) is 20.1 Å². The molecule has 0 unspecified atom stereocenters. The highest BCUT2D eigenvalue weighted by atomic mass is 19.4. The van der Waals surface area contributed by atoms with Gasteiger partial charge in [-0.1, -0.05) is 0 Å². The SMILES string of the molecule is CN(Cc1nccn1C)C(=O)N(CC(=O)O)CC(F)(F)F. The Kier molecular flexibility index (Phi) is 5.17. The Morgan fingerprint density at radius 1 is 1.43 bits per heavy atom. The average molecular weight is 308 g/mol. The number of carboxylic acids is 1. The summed E-state index contributed by atoms with van der Waals surface area (Å²) < 4.78 is 38.8. The number of amides is 2. The molecule has 0 aromatic carbocycles. The van der Waals surface area contributed by atoms with E-state index in [0.717, 1.165) is 4.90 Å². The van der Waals surface area contributed by atoms with E-state index >= 15 is 0 Å². The van der Waals surface area contributed by atoms with Crippen molar-refractivity contribution in [3.63, 3.8) is 0 Å². The van der Waals surface area contributed by atoms with Crippen molar-refractivity contribution in [3.05, 3.63) is 18.2 Å². The number of carboxylic acid groups (broad SMARTS) is 1. The summed E-state index contributed by atoms with van der Waals surface area (Å²) in [6.07, 6.45) is -1.56. The number of rotatable bonds is 5. The van der Waals surface area contributed by atoms with Gasteiger partial charge >= 0.3 is 18.2 Å². The molecule has 2 amide bonds. The second kappa shape index (κ2) is 6.46. The Hall–Kier alpha value is -2.26. The number of carbonyl (C=O) groups is 2. The topological polar surface area (TPSA) is 78.7 Å². The predicted molar refractivity (Wildman–Crippen MR) is 65.3 cm³/mol. The molecule has 0 radical (unpaired) electrons. The molecule has 0 spiro atoms. The van der Waals surface area contributed by atoms with Crippen molar-refractivity contribution in [1.82, 2.24) is 19.4 Å². The Morgan fingerprint density at radius 2 is 2.05 bits per heavy atom. The first kappa shape index (κ1) is 16.8. The van der Waals surface area contributed by atoms with Crippen LogP contribution in [0, 0.1) is 0 Å². The van der Waals surface area contributed by atoms with Crippen LogP contribution in [0.25, 0.3) is 0 Å². The summed E-state index contributed by atoms with van der Waals surface area (Å²) in [4.78, 5) is 27.7. The third-order valence-electron chi connectivity index (χ3n) is 2.59. The number of aryl methyl sites for hydroxylation is 1. The molecule has 0 saturated heterocycles. The number of imidazole rings is 1. The van der Waals surface area contributed by atoms with Gasteiger partial charge in [0.1, 0.15) is 18.9 Å². The minimum absolute atomic E-state index is 0.0314. The molecule has 7 nitrogen and oxygen atoms in total. The van der Waals surface area contributed by atoms with Crippen LogP contribution in [0.5, 0.6) is 0 Å². The van der Waals surface area contributed by atoms with Gasteiger partial charge in [-0.3, -0.25) is 4.79 Å². The molecule has 0 fully saturated rings. The molecular formula is C11H15F3N4O3. The lowest BCUT2D eigenvalue weighted by Gasteiger charge is -2.27. The number of nitrogens with zero attached hydrogens (tertiary/aromatic N) is 4. The first-order valence-electron chi connectivity index (χ1n) is 5.85. The maximum atomic E-state index is 12.4. The number of alkyl halides is 3. The third kappa shape index (κ3) is 5.32. The van der Waals surface area contributed by atoms with Gasteiger partial charge in [-0.25, -0.2) is 9.78 Å². The Morgan fingerprint density at radius 3 is 2.48 bits per heavy atom. The minimum Gasteiger partial charge on any atom is -0.480 e. The quantitative estimate of drug-likeness (QED) is 0.877. The lowest BCUT2D eigenvalue weighted by Crippen LogP contribution is -2.47. The molecule has 0 aliphatic rings. The molecule has 10 heteroatoms. The van der Waals surface area contributed by atoms with E-state index in [0.29, 0.717) is 5.82 Å². The van der Waals surface area contributed by atoms with Crippen LogP contribution in [0.3, 0.4) is 0 Å². The van der Waals surface area contributed by atoms with Crippen molar-refractivity contribution >= 4 is 12.0 Å². The van der Waals surface area contributed by atoms with Gasteiger partial charge in [0.25, 0.3) is 0 Å². The molecule has 0 aliphatic carbocycles. The molecular weight excluding hydrogens is 293 g/mol. The highest BCUT2D eigenvalue weighted by Crippen LogP contribution is 2.17. The highest BCUT2D eigenvalue weighted by Gasteiger charge is 2.35. The van der Waals surface area contributed by atoms with Crippen molar-refractivity contribution < 1.29 is 27.9 Å². The Bertz CT molecular complexity index is 515. The van der Waals surface area contributed by atoms with E-state index < -0.39 is 31.3 Å². The first-order valence-corrected chi connectivity index (χ1v) is 5.85. The molecule has 1 aromatic rings. The fraction of sp³-hybridized carbons (Fsp3) is 0.545. The van der Waals surface area contributed by atoms with E-state index in [2.05, 4.69) is 4.98 Å². The second-order valence-electron chi connectivity index (χ2n) is 4.46. The summed E-state index contributed by atoms with van der Waals surface area (Å²) >= 11 is 0. The summed E-state index contributed by atoms with van der Waals surface area (Å²) in [5.41, 5.74) is 0. The number of aliphatic carboxylic acids is 1. The second-order valence-corrected chi connectivity index (χ2v) is 4.46. The van der Waals surface area contributed by atoms with Gasteiger partial charge < -0.3 is 19.5 Å². The summed E-state index contributed by atoms with van der Waals surface area (Å²) in [7, 11) is 2.95. The van der Waals surface area contributed by atoms with Gasteiger partial charge in [0.05, 0.1) is 6.54 Å². The molecule has 1 rings (SSSR count). The first-order chi connectivity index (χ1) is 9.60. The van der Waals surface area contributed by atoms with E-state index in [4.69, 9.17) is 5.11 Å². The lowest BCUT2D eigenvalue weighted by molar-refractivity contribution is -0.149. The maximum Gasteiger partial charge on any atom is 0.406 e. The number of urea groups is 1. The van der Waals surface area contributed by atoms with E-state index in [-0.39, 0.29) is 11.4 Å². The van der Waals surface area contributed by atoms with Crippen molar-refractivity contribution in [1.29, 1.82) is 0 Å². The largest absolute Gasteiger partial charge is 0.480 e. The summed E-state index contributed by atoms with van der Waals surface area (Å²) in [5.74, 6) is -1.05. The minimum atomic E-state index is -4.67. The van der Waals surface area contributed by atoms with Gasteiger partial charge in [0.15, 0.2) is 0 Å². The summed E-state index contributed by atoms with van der Waals surface area (Å²) in [5, 5.41) is 8.62. The van der Waals surface area contributed by atoms with Crippen LogP contribution in [0.4, 0.5) is 18.0 Å². The normalized spacial score (nSPS) is 11.3. The molecule has 0 aliphatic heterocycles.